The molecule has 0 bridgehead atoms. The number of carbonyl (C=O) groups is 2. The van der Waals surface area contributed by atoms with Crippen LogP contribution < -0.4 is 5.32 Å². The number of urea groups is 1. The molecule has 110 valence electrons. The van der Waals surface area contributed by atoms with Crippen LogP contribution in [0.15, 0.2) is 0 Å². The molecule has 0 aromatic heterocycles. The summed E-state index contributed by atoms with van der Waals surface area (Å²) in [6, 6.07) is -1.39. The fourth-order valence-corrected chi connectivity index (χ4v) is 2.02. The fraction of sp³-hybridized carbons (Fsp3) is 0.833. The zero-order valence-electron chi connectivity index (χ0n) is 11.4. The number of aliphatic hydroxyl groups is 1. The predicted molar refractivity (Wildman–Crippen MR) is 67.9 cm³/mol. The summed E-state index contributed by atoms with van der Waals surface area (Å²) in [5.41, 5.74) is -0.949. The summed E-state index contributed by atoms with van der Waals surface area (Å²) < 4.78 is 5.16. The van der Waals surface area contributed by atoms with Gasteiger partial charge in [0.15, 0.2) is 0 Å². The normalized spacial score (nSPS) is 19.5. The Kier molecular flexibility index (Phi) is 5.56. The first-order chi connectivity index (χ1) is 8.88. The molecular formula is C12H22N2O5. The highest BCUT2D eigenvalue weighted by molar-refractivity contribution is 5.82. The average Bonchev–Trinajstić information content (AvgIpc) is 2.35. The van der Waals surface area contributed by atoms with E-state index in [0.29, 0.717) is 32.5 Å². The highest BCUT2D eigenvalue weighted by Gasteiger charge is 2.33. The third-order valence-electron chi connectivity index (χ3n) is 3.31. The molecule has 0 saturated carbocycles. The molecule has 1 atom stereocenters. The molecule has 1 aliphatic rings. The lowest BCUT2D eigenvalue weighted by molar-refractivity contribution is -0.139. The molecule has 0 spiro atoms. The van der Waals surface area contributed by atoms with Crippen molar-refractivity contribution in [3.05, 3.63) is 0 Å². The zero-order valence-corrected chi connectivity index (χ0v) is 11.4. The van der Waals surface area contributed by atoms with E-state index in [1.807, 2.05) is 0 Å². The van der Waals surface area contributed by atoms with Crippen molar-refractivity contribution >= 4 is 12.0 Å². The van der Waals surface area contributed by atoms with Crippen LogP contribution in [0.25, 0.3) is 0 Å². The Morgan fingerprint density at radius 1 is 1.42 bits per heavy atom. The molecule has 3 N–H and O–H groups in total. The summed E-state index contributed by atoms with van der Waals surface area (Å²) in [5.74, 6) is -1.06. The first-order valence-electron chi connectivity index (χ1n) is 6.42. The van der Waals surface area contributed by atoms with Gasteiger partial charge in [0.25, 0.3) is 0 Å². The maximum Gasteiger partial charge on any atom is 0.326 e. The largest absolute Gasteiger partial charge is 0.480 e. The number of hydrogen-bond acceptors (Lipinski definition) is 4. The monoisotopic (exact) mass is 274 g/mol. The number of likely N-dealkylation sites (N-methyl/N-ethyl adjacent to an activating group) is 1. The first-order valence-corrected chi connectivity index (χ1v) is 6.42. The third-order valence-corrected chi connectivity index (χ3v) is 3.31. The Bertz CT molecular complexity index is 328. The van der Waals surface area contributed by atoms with E-state index in [0.717, 1.165) is 0 Å². The standard InChI is InChI=1S/C12H22N2O5/c1-3-9(10(15)16)13-11(17)14(2)8-12(18)4-6-19-7-5-12/h9,18H,3-8H2,1-2H3,(H,13,17)(H,15,16)/t9-/m0/s1. The van der Waals surface area contributed by atoms with Crippen molar-refractivity contribution in [3.8, 4) is 0 Å². The molecule has 1 saturated heterocycles. The minimum absolute atomic E-state index is 0.165. The van der Waals surface area contributed by atoms with Crippen LogP contribution >= 0.6 is 0 Å². The highest BCUT2D eigenvalue weighted by atomic mass is 16.5. The average molecular weight is 274 g/mol. The lowest BCUT2D eigenvalue weighted by Gasteiger charge is -2.35. The van der Waals surface area contributed by atoms with Gasteiger partial charge in [0.2, 0.25) is 0 Å². The van der Waals surface area contributed by atoms with Crippen LogP contribution in [0.5, 0.6) is 0 Å². The molecule has 7 nitrogen and oxygen atoms in total. The minimum atomic E-state index is -1.06. The van der Waals surface area contributed by atoms with Gasteiger partial charge in [-0.15, -0.1) is 0 Å². The molecule has 19 heavy (non-hydrogen) atoms. The number of carboxylic acids is 1. The molecule has 0 aromatic carbocycles. The molecule has 1 rings (SSSR count). The third kappa shape index (κ3) is 4.68. The van der Waals surface area contributed by atoms with E-state index in [-0.39, 0.29) is 6.54 Å². The number of nitrogens with zero attached hydrogens (tertiary/aromatic N) is 1. The maximum absolute atomic E-state index is 11.8. The van der Waals surface area contributed by atoms with E-state index in [9.17, 15) is 14.7 Å². The van der Waals surface area contributed by atoms with E-state index in [2.05, 4.69) is 5.32 Å². The van der Waals surface area contributed by atoms with Gasteiger partial charge in [0, 0.05) is 33.1 Å². The van der Waals surface area contributed by atoms with Gasteiger partial charge >= 0.3 is 12.0 Å². The van der Waals surface area contributed by atoms with Crippen LogP contribution in [0.3, 0.4) is 0 Å². The summed E-state index contributed by atoms with van der Waals surface area (Å²) in [6.45, 7) is 2.79. The minimum Gasteiger partial charge on any atom is -0.480 e. The van der Waals surface area contributed by atoms with Crippen LogP contribution in [-0.2, 0) is 9.53 Å². The molecule has 7 heteroatoms. The number of ether oxygens (including phenoxy) is 1. The van der Waals surface area contributed by atoms with Gasteiger partial charge in [-0.3, -0.25) is 0 Å². The van der Waals surface area contributed by atoms with Gasteiger partial charge in [-0.05, 0) is 6.42 Å². The highest BCUT2D eigenvalue weighted by Crippen LogP contribution is 2.21. The van der Waals surface area contributed by atoms with Gasteiger partial charge in [0.1, 0.15) is 6.04 Å². The smallest absolute Gasteiger partial charge is 0.326 e. The molecule has 1 aliphatic heterocycles. The summed E-state index contributed by atoms with van der Waals surface area (Å²) >= 11 is 0. The maximum atomic E-state index is 11.8. The summed E-state index contributed by atoms with van der Waals surface area (Å²) in [4.78, 5) is 24.0. The number of amides is 2. The molecule has 1 fully saturated rings. The Morgan fingerprint density at radius 3 is 2.47 bits per heavy atom. The molecule has 0 aromatic rings. The van der Waals surface area contributed by atoms with E-state index in [1.165, 1.54) is 11.9 Å². The van der Waals surface area contributed by atoms with Crippen molar-refractivity contribution in [2.45, 2.75) is 37.8 Å². The number of aliphatic carboxylic acids is 1. The first kappa shape index (κ1) is 15.7. The van der Waals surface area contributed by atoms with Crippen LogP contribution in [-0.4, -0.2) is 65.6 Å². The number of hydrogen-bond donors (Lipinski definition) is 3. The second-order valence-electron chi connectivity index (χ2n) is 4.94. The molecule has 0 radical (unpaired) electrons. The second-order valence-corrected chi connectivity index (χ2v) is 4.94. The number of carbonyl (C=O) groups excluding carboxylic acids is 1. The van der Waals surface area contributed by atoms with Crippen molar-refractivity contribution in [2.24, 2.45) is 0 Å². The molecule has 2 amide bonds. The summed E-state index contributed by atoms with van der Waals surface area (Å²) in [5, 5.41) is 21.6. The van der Waals surface area contributed by atoms with E-state index >= 15 is 0 Å². The van der Waals surface area contributed by atoms with Gasteiger partial charge in [-0.25, -0.2) is 9.59 Å². The summed E-state index contributed by atoms with van der Waals surface area (Å²) in [6.07, 6.45) is 1.26. The fourth-order valence-electron chi connectivity index (χ4n) is 2.02. The van der Waals surface area contributed by atoms with Gasteiger partial charge in [0.05, 0.1) is 12.1 Å². The molecule has 1 heterocycles. The zero-order chi connectivity index (χ0) is 14.5. The lowest BCUT2D eigenvalue weighted by atomic mass is 9.94. The Hall–Kier alpha value is -1.34. The van der Waals surface area contributed by atoms with Crippen molar-refractivity contribution < 1.29 is 24.5 Å². The van der Waals surface area contributed by atoms with Crippen LogP contribution in [0.1, 0.15) is 26.2 Å². The van der Waals surface area contributed by atoms with Crippen molar-refractivity contribution in [2.75, 3.05) is 26.8 Å². The Labute approximate surface area is 112 Å². The lowest BCUT2D eigenvalue weighted by Crippen LogP contribution is -2.52. The quantitative estimate of drug-likeness (QED) is 0.657. The molecule has 0 unspecified atom stereocenters. The van der Waals surface area contributed by atoms with Gasteiger partial charge in [-0.1, -0.05) is 6.92 Å². The van der Waals surface area contributed by atoms with Gasteiger partial charge < -0.3 is 25.2 Å². The Morgan fingerprint density at radius 2 is 2.00 bits per heavy atom. The van der Waals surface area contributed by atoms with E-state index in [1.54, 1.807) is 6.92 Å². The van der Waals surface area contributed by atoms with E-state index in [4.69, 9.17) is 9.84 Å². The number of nitrogens with one attached hydrogen (secondary N) is 1. The molecule has 0 aliphatic carbocycles. The summed E-state index contributed by atoms with van der Waals surface area (Å²) in [7, 11) is 1.54. The van der Waals surface area contributed by atoms with E-state index < -0.39 is 23.6 Å². The SMILES string of the molecule is CC[C@H](NC(=O)N(C)CC1(O)CCOCC1)C(=O)O. The van der Waals surface area contributed by atoms with Crippen molar-refractivity contribution in [1.29, 1.82) is 0 Å². The van der Waals surface area contributed by atoms with Crippen LogP contribution in [0, 0.1) is 0 Å². The van der Waals surface area contributed by atoms with Crippen LogP contribution in [0.2, 0.25) is 0 Å². The number of carboxylic acid groups (broad SMARTS) is 1. The molecular weight excluding hydrogens is 252 g/mol. The second kappa shape index (κ2) is 6.72. The topological polar surface area (TPSA) is 99.1 Å². The van der Waals surface area contributed by atoms with Crippen LogP contribution in [0.4, 0.5) is 4.79 Å². The van der Waals surface area contributed by atoms with Gasteiger partial charge in [-0.2, -0.15) is 0 Å². The van der Waals surface area contributed by atoms with Crippen molar-refractivity contribution in [1.82, 2.24) is 10.2 Å². The predicted octanol–water partition coefficient (Wildman–Crippen LogP) is 0.0325. The van der Waals surface area contributed by atoms with Crippen molar-refractivity contribution in [3.63, 3.8) is 0 Å². The number of rotatable bonds is 5. The Balaban J connectivity index is 2.50.